The molecule has 0 bridgehead atoms. The summed E-state index contributed by atoms with van der Waals surface area (Å²) in [7, 11) is 1.93. The van der Waals surface area contributed by atoms with Crippen LogP contribution in [0.3, 0.4) is 0 Å². The Morgan fingerprint density at radius 1 is 1.36 bits per heavy atom. The van der Waals surface area contributed by atoms with Crippen molar-refractivity contribution in [2.75, 3.05) is 38.1 Å². The number of carbonyl (C=O) groups excluding carboxylic acids is 1. The summed E-state index contributed by atoms with van der Waals surface area (Å²) in [5.74, 6) is 0.808. The zero-order valence-electron chi connectivity index (χ0n) is 15.0. The second kappa shape index (κ2) is 6.67. The van der Waals surface area contributed by atoms with E-state index >= 15 is 0 Å². The molecule has 6 heteroatoms. The highest BCUT2D eigenvalue weighted by Crippen LogP contribution is 2.34. The monoisotopic (exact) mass is 342 g/mol. The number of aromatic nitrogens is 1. The predicted molar refractivity (Wildman–Crippen MR) is 97.7 cm³/mol. The first kappa shape index (κ1) is 16.4. The zero-order valence-corrected chi connectivity index (χ0v) is 15.0. The number of oxazole rings is 1. The van der Waals surface area contributed by atoms with Crippen molar-refractivity contribution in [3.63, 3.8) is 0 Å². The number of likely N-dealkylation sites (N-methyl/N-ethyl adjacent to an activating group) is 1. The number of likely N-dealkylation sites (tertiary alicyclic amines) is 1. The van der Waals surface area contributed by atoms with Gasteiger partial charge >= 0.3 is 0 Å². The molecular formula is C19H26N4O2. The van der Waals surface area contributed by atoms with E-state index in [9.17, 15) is 4.79 Å². The number of carbonyl (C=O) groups is 1. The molecule has 6 nitrogen and oxygen atoms in total. The van der Waals surface area contributed by atoms with E-state index in [1.165, 1.54) is 5.56 Å². The van der Waals surface area contributed by atoms with Crippen molar-refractivity contribution in [3.8, 4) is 0 Å². The van der Waals surface area contributed by atoms with Crippen LogP contribution in [0.15, 0.2) is 22.6 Å². The first-order valence-corrected chi connectivity index (χ1v) is 9.22. The van der Waals surface area contributed by atoms with Crippen LogP contribution in [-0.4, -0.2) is 55.1 Å². The minimum absolute atomic E-state index is 0.308. The Morgan fingerprint density at radius 2 is 2.24 bits per heavy atom. The summed E-state index contributed by atoms with van der Waals surface area (Å²) in [6, 6.07) is 7.19. The van der Waals surface area contributed by atoms with Crippen LogP contribution in [0, 0.1) is 12.8 Å². The summed E-state index contributed by atoms with van der Waals surface area (Å²) >= 11 is 0. The maximum Gasteiger partial charge on any atom is 0.298 e. The smallest absolute Gasteiger partial charge is 0.298 e. The normalized spacial score (nSPS) is 24.0. The van der Waals surface area contributed by atoms with Gasteiger partial charge in [-0.1, -0.05) is 6.07 Å². The molecule has 0 unspecified atom stereocenters. The number of hydrogen-bond donors (Lipinski definition) is 1. The van der Waals surface area contributed by atoms with Crippen LogP contribution in [0.4, 0.5) is 6.01 Å². The topological polar surface area (TPSA) is 61.6 Å². The Balaban J connectivity index is 1.51. The van der Waals surface area contributed by atoms with Crippen molar-refractivity contribution in [3.05, 3.63) is 23.8 Å². The number of nitrogens with one attached hydrogen (secondary N) is 1. The van der Waals surface area contributed by atoms with Crippen LogP contribution in [-0.2, 0) is 4.79 Å². The minimum Gasteiger partial charge on any atom is -0.423 e. The van der Waals surface area contributed by atoms with Crippen molar-refractivity contribution in [1.29, 1.82) is 0 Å². The Kier molecular flexibility index (Phi) is 4.37. The predicted octanol–water partition coefficient (Wildman–Crippen LogP) is 2.17. The van der Waals surface area contributed by atoms with E-state index < -0.39 is 0 Å². The summed E-state index contributed by atoms with van der Waals surface area (Å²) in [4.78, 5) is 21.3. The molecule has 4 rings (SSSR count). The number of hydrogen-bond acceptors (Lipinski definition) is 5. The third-order valence-electron chi connectivity index (χ3n) is 5.55. The van der Waals surface area contributed by atoms with E-state index in [2.05, 4.69) is 39.2 Å². The maximum atomic E-state index is 12.3. The average molecular weight is 342 g/mol. The van der Waals surface area contributed by atoms with Crippen molar-refractivity contribution in [2.24, 2.45) is 5.92 Å². The fraction of sp³-hybridized carbons (Fsp3) is 0.579. The van der Waals surface area contributed by atoms with Gasteiger partial charge < -0.3 is 19.5 Å². The zero-order chi connectivity index (χ0) is 17.4. The number of fused-ring (bicyclic) bond motifs is 2. The highest BCUT2D eigenvalue weighted by atomic mass is 16.4. The number of piperidine rings is 2. The van der Waals surface area contributed by atoms with Crippen LogP contribution < -0.4 is 10.2 Å². The molecule has 1 aromatic carbocycles. The summed E-state index contributed by atoms with van der Waals surface area (Å²) in [5, 5.41) is 3.16. The molecule has 2 atom stereocenters. The molecular weight excluding hydrogens is 316 g/mol. The molecule has 1 amide bonds. The lowest BCUT2D eigenvalue weighted by molar-refractivity contribution is -0.139. The van der Waals surface area contributed by atoms with Gasteiger partial charge in [0.2, 0.25) is 5.91 Å². The largest absolute Gasteiger partial charge is 0.423 e. The lowest BCUT2D eigenvalue weighted by atomic mass is 9.83. The Bertz CT molecular complexity index is 772. The molecule has 0 aliphatic carbocycles. The number of amides is 1. The second-order valence-electron chi connectivity index (χ2n) is 7.26. The lowest BCUT2D eigenvalue weighted by Crippen LogP contribution is -2.57. The third kappa shape index (κ3) is 3.11. The molecule has 0 radical (unpaired) electrons. The molecule has 2 aliphatic rings. The number of anilines is 1. The van der Waals surface area contributed by atoms with Crippen LogP contribution in [0.2, 0.25) is 0 Å². The molecule has 0 saturated carbocycles. The van der Waals surface area contributed by atoms with Gasteiger partial charge in [-0.3, -0.25) is 4.79 Å². The van der Waals surface area contributed by atoms with E-state index in [1.807, 2.05) is 13.1 Å². The molecule has 25 heavy (non-hydrogen) atoms. The Morgan fingerprint density at radius 3 is 3.08 bits per heavy atom. The molecule has 2 aliphatic heterocycles. The van der Waals surface area contributed by atoms with Crippen LogP contribution in [0.25, 0.3) is 11.1 Å². The number of nitrogens with zero attached hydrogens (tertiary/aromatic N) is 3. The van der Waals surface area contributed by atoms with E-state index in [4.69, 9.17) is 4.42 Å². The van der Waals surface area contributed by atoms with Gasteiger partial charge in [-0.2, -0.15) is 4.98 Å². The average Bonchev–Trinajstić information content (AvgIpc) is 3.03. The second-order valence-corrected chi connectivity index (χ2v) is 7.26. The highest BCUT2D eigenvalue weighted by molar-refractivity contribution is 5.78. The minimum atomic E-state index is 0.308. The van der Waals surface area contributed by atoms with Gasteiger partial charge in [0.1, 0.15) is 5.52 Å². The van der Waals surface area contributed by atoms with Gasteiger partial charge in [0.25, 0.3) is 6.01 Å². The van der Waals surface area contributed by atoms with Crippen molar-refractivity contribution >= 4 is 23.0 Å². The highest BCUT2D eigenvalue weighted by Gasteiger charge is 2.39. The number of rotatable bonds is 4. The third-order valence-corrected chi connectivity index (χ3v) is 5.55. The Hall–Kier alpha value is -2.08. The fourth-order valence-electron chi connectivity index (χ4n) is 4.21. The van der Waals surface area contributed by atoms with Crippen molar-refractivity contribution in [2.45, 2.75) is 32.2 Å². The summed E-state index contributed by atoms with van der Waals surface area (Å²) in [6.07, 6.45) is 2.61. The first-order valence-electron chi connectivity index (χ1n) is 9.22. The van der Waals surface area contributed by atoms with E-state index in [0.29, 0.717) is 24.3 Å². The van der Waals surface area contributed by atoms with Crippen molar-refractivity contribution < 1.29 is 9.21 Å². The van der Waals surface area contributed by atoms with Gasteiger partial charge in [0.15, 0.2) is 5.58 Å². The molecule has 2 aromatic rings. The van der Waals surface area contributed by atoms with Crippen molar-refractivity contribution in [1.82, 2.24) is 15.2 Å². The maximum absolute atomic E-state index is 12.3. The van der Waals surface area contributed by atoms with E-state index in [0.717, 1.165) is 56.1 Å². The molecule has 0 spiro atoms. The van der Waals surface area contributed by atoms with Crippen LogP contribution in [0.5, 0.6) is 0 Å². The molecule has 1 aromatic heterocycles. The van der Waals surface area contributed by atoms with Gasteiger partial charge in [-0.05, 0) is 50.4 Å². The standard InChI is InChI=1S/C19H26N4O2/c1-13-3-5-17-15(11-13)21-19(25-17)22-9-7-16-14(12-22)4-6-18(24)23(16)10-8-20-2/h3,5,11,14,16,20H,4,6-10,12H2,1-2H3/t14-,16+/m0/s1. The molecule has 2 saturated heterocycles. The molecule has 2 fully saturated rings. The number of aryl methyl sites for hydroxylation is 1. The first-order chi connectivity index (χ1) is 12.2. The Labute approximate surface area is 148 Å². The number of benzene rings is 1. The van der Waals surface area contributed by atoms with Crippen LogP contribution in [0.1, 0.15) is 24.8 Å². The van der Waals surface area contributed by atoms with E-state index in [1.54, 1.807) is 0 Å². The van der Waals surface area contributed by atoms with Crippen LogP contribution >= 0.6 is 0 Å². The molecule has 3 heterocycles. The lowest BCUT2D eigenvalue weighted by Gasteiger charge is -2.46. The SMILES string of the molecule is CNCCN1C(=O)CC[C@H]2CN(c3nc4cc(C)ccc4o3)CC[C@H]21. The van der Waals surface area contributed by atoms with Gasteiger partial charge in [-0.25, -0.2) is 0 Å². The molecule has 134 valence electrons. The summed E-state index contributed by atoms with van der Waals surface area (Å²) < 4.78 is 5.98. The van der Waals surface area contributed by atoms with Gasteiger partial charge in [-0.15, -0.1) is 0 Å². The quantitative estimate of drug-likeness (QED) is 0.923. The fourth-order valence-corrected chi connectivity index (χ4v) is 4.21. The van der Waals surface area contributed by atoms with Gasteiger partial charge in [0.05, 0.1) is 0 Å². The summed E-state index contributed by atoms with van der Waals surface area (Å²) in [5.41, 5.74) is 2.96. The summed E-state index contributed by atoms with van der Waals surface area (Å²) in [6.45, 7) is 5.52. The molecule has 1 N–H and O–H groups in total. The van der Waals surface area contributed by atoms with E-state index in [-0.39, 0.29) is 0 Å². The van der Waals surface area contributed by atoms with Gasteiger partial charge in [0, 0.05) is 38.6 Å².